The van der Waals surface area contributed by atoms with Gasteiger partial charge in [0.2, 0.25) is 0 Å². The molecule has 2 aliphatic carbocycles. The van der Waals surface area contributed by atoms with Gasteiger partial charge in [-0.15, -0.1) is 0 Å². The summed E-state index contributed by atoms with van der Waals surface area (Å²) in [6, 6.07) is 4.06. The number of carbonyl (C=O) groups excluding carboxylic acids is 1. The Morgan fingerprint density at radius 2 is 2.00 bits per heavy atom. The van der Waals surface area contributed by atoms with Gasteiger partial charge >= 0.3 is 0 Å². The second-order valence-corrected chi connectivity index (χ2v) is 8.31. The van der Waals surface area contributed by atoms with Crippen LogP contribution >= 0.6 is 0 Å². The summed E-state index contributed by atoms with van der Waals surface area (Å²) >= 11 is 0. The molecule has 22 heavy (non-hydrogen) atoms. The Balaban J connectivity index is 2.18. The van der Waals surface area contributed by atoms with Crippen LogP contribution in [0.3, 0.4) is 0 Å². The Hall–Kier alpha value is -1.31. The van der Waals surface area contributed by atoms with Gasteiger partial charge in [0.15, 0.2) is 0 Å². The molecule has 0 unspecified atom stereocenters. The molecule has 0 bridgehead atoms. The molecule has 2 atom stereocenters. The van der Waals surface area contributed by atoms with Crippen LogP contribution in [0.25, 0.3) is 0 Å². The topological polar surface area (TPSA) is 37.3 Å². The van der Waals surface area contributed by atoms with Crippen LogP contribution in [-0.4, -0.2) is 11.4 Å². The molecule has 1 N–H and O–H groups in total. The molecule has 0 radical (unpaired) electrons. The summed E-state index contributed by atoms with van der Waals surface area (Å²) in [5.41, 5.74) is 3.20. The van der Waals surface area contributed by atoms with Crippen LogP contribution in [0.1, 0.15) is 76.0 Å². The van der Waals surface area contributed by atoms with Crippen LogP contribution in [-0.2, 0) is 16.6 Å². The molecule has 0 amide bonds. The molecule has 120 valence electrons. The minimum Gasteiger partial charge on any atom is -0.508 e. The van der Waals surface area contributed by atoms with Gasteiger partial charge in [0.05, 0.1) is 5.41 Å². The molecule has 0 aromatic heterocycles. The molecule has 2 aliphatic rings. The third-order valence-corrected chi connectivity index (χ3v) is 6.27. The highest BCUT2D eigenvalue weighted by atomic mass is 16.3. The second kappa shape index (κ2) is 5.11. The van der Waals surface area contributed by atoms with Crippen molar-refractivity contribution in [3.05, 3.63) is 28.8 Å². The monoisotopic (exact) mass is 300 g/mol. The summed E-state index contributed by atoms with van der Waals surface area (Å²) in [6.07, 6.45) is 6.52. The number of aromatic hydroxyl groups is 1. The number of carbonyl (C=O) groups is 1. The molecule has 1 saturated carbocycles. The van der Waals surface area contributed by atoms with E-state index in [-0.39, 0.29) is 10.8 Å². The van der Waals surface area contributed by atoms with E-state index in [1.165, 1.54) is 18.3 Å². The van der Waals surface area contributed by atoms with Gasteiger partial charge in [-0.3, -0.25) is 0 Å². The number of phenols is 1. The quantitative estimate of drug-likeness (QED) is 0.802. The van der Waals surface area contributed by atoms with Crippen molar-refractivity contribution in [1.82, 2.24) is 0 Å². The minimum absolute atomic E-state index is 0.198. The van der Waals surface area contributed by atoms with Gasteiger partial charge in [0.25, 0.3) is 0 Å². The lowest BCUT2D eigenvalue weighted by molar-refractivity contribution is -0.119. The van der Waals surface area contributed by atoms with Crippen molar-refractivity contribution in [2.45, 2.75) is 71.1 Å². The van der Waals surface area contributed by atoms with E-state index in [2.05, 4.69) is 33.8 Å². The number of fused-ring (bicyclic) bond motifs is 3. The smallest absolute Gasteiger partial charge is 0.130 e. The van der Waals surface area contributed by atoms with Gasteiger partial charge in [-0.1, -0.05) is 40.2 Å². The van der Waals surface area contributed by atoms with E-state index in [0.29, 0.717) is 17.6 Å². The maximum Gasteiger partial charge on any atom is 0.130 e. The summed E-state index contributed by atoms with van der Waals surface area (Å²) in [5.74, 6) is 1.06. The maximum atomic E-state index is 12.2. The number of aryl methyl sites for hydroxylation is 1. The summed E-state index contributed by atoms with van der Waals surface area (Å²) < 4.78 is 0. The van der Waals surface area contributed by atoms with Gasteiger partial charge < -0.3 is 9.90 Å². The Morgan fingerprint density at radius 3 is 2.64 bits per heavy atom. The number of benzene rings is 1. The van der Waals surface area contributed by atoms with Crippen LogP contribution < -0.4 is 0 Å². The number of aldehydes is 1. The molecule has 1 aromatic rings. The molecule has 1 fully saturated rings. The second-order valence-electron chi connectivity index (χ2n) is 8.31. The Bertz CT molecular complexity index is 600. The molecule has 2 heteroatoms. The zero-order valence-electron chi connectivity index (χ0n) is 14.3. The average Bonchev–Trinajstić information content (AvgIpc) is 2.45. The highest BCUT2D eigenvalue weighted by Gasteiger charge is 2.52. The first-order chi connectivity index (χ1) is 10.3. The average molecular weight is 300 g/mol. The van der Waals surface area contributed by atoms with E-state index in [1.54, 1.807) is 0 Å². The fourth-order valence-corrected chi connectivity index (χ4v) is 5.11. The van der Waals surface area contributed by atoms with Crippen molar-refractivity contribution >= 4 is 6.29 Å². The standard InChI is InChI=1S/C20H28O2/c1-13(2)15-10-14-6-7-18-19(3,4)8-5-9-20(18,12-21)16(14)11-17(15)22/h10-13,18,22H,5-9H2,1-4H3/t18-,20+/m1/s1. The molecular formula is C20H28O2. The molecular weight excluding hydrogens is 272 g/mol. The maximum absolute atomic E-state index is 12.2. The van der Waals surface area contributed by atoms with Crippen LogP contribution in [0.2, 0.25) is 0 Å². The van der Waals surface area contributed by atoms with Gasteiger partial charge in [-0.05, 0) is 65.7 Å². The van der Waals surface area contributed by atoms with E-state index in [1.807, 2.05) is 6.07 Å². The van der Waals surface area contributed by atoms with Crippen molar-refractivity contribution in [3.63, 3.8) is 0 Å². The zero-order chi connectivity index (χ0) is 16.1. The zero-order valence-corrected chi connectivity index (χ0v) is 14.3. The SMILES string of the molecule is CC(C)c1cc2c(cc1O)[C@@]1(C=O)CCCC(C)(C)[C@H]1CC2. The molecule has 0 aliphatic heterocycles. The van der Waals surface area contributed by atoms with Crippen molar-refractivity contribution < 1.29 is 9.90 Å². The van der Waals surface area contributed by atoms with Crippen LogP contribution in [0.4, 0.5) is 0 Å². The molecule has 0 saturated heterocycles. The van der Waals surface area contributed by atoms with Crippen molar-refractivity contribution in [3.8, 4) is 5.75 Å². The summed E-state index contributed by atoms with van der Waals surface area (Å²) in [6.45, 7) is 8.82. The van der Waals surface area contributed by atoms with E-state index < -0.39 is 0 Å². The lowest BCUT2D eigenvalue weighted by Crippen LogP contribution is -2.50. The van der Waals surface area contributed by atoms with Gasteiger partial charge in [0.1, 0.15) is 12.0 Å². The molecule has 0 heterocycles. The third kappa shape index (κ3) is 2.11. The van der Waals surface area contributed by atoms with Gasteiger partial charge in [-0.25, -0.2) is 0 Å². The first-order valence-electron chi connectivity index (χ1n) is 8.64. The highest BCUT2D eigenvalue weighted by Crippen LogP contribution is 2.57. The van der Waals surface area contributed by atoms with E-state index in [4.69, 9.17) is 0 Å². The van der Waals surface area contributed by atoms with E-state index in [0.717, 1.165) is 36.8 Å². The highest BCUT2D eigenvalue weighted by molar-refractivity contribution is 5.73. The Labute approximate surface area is 133 Å². The lowest BCUT2D eigenvalue weighted by atomic mass is 9.50. The summed E-state index contributed by atoms with van der Waals surface area (Å²) in [5, 5.41) is 10.5. The number of rotatable bonds is 2. The summed E-state index contributed by atoms with van der Waals surface area (Å²) in [4.78, 5) is 12.2. The Kier molecular flexibility index (Phi) is 3.62. The predicted molar refractivity (Wildman–Crippen MR) is 89.4 cm³/mol. The van der Waals surface area contributed by atoms with Gasteiger partial charge in [0, 0.05) is 0 Å². The fourth-order valence-electron chi connectivity index (χ4n) is 5.11. The number of hydrogen-bond acceptors (Lipinski definition) is 2. The molecule has 3 rings (SSSR count). The van der Waals surface area contributed by atoms with Crippen molar-refractivity contribution in [1.29, 1.82) is 0 Å². The first kappa shape index (κ1) is 15.6. The van der Waals surface area contributed by atoms with Gasteiger partial charge in [-0.2, -0.15) is 0 Å². The van der Waals surface area contributed by atoms with Crippen LogP contribution in [0.15, 0.2) is 12.1 Å². The lowest BCUT2D eigenvalue weighted by Gasteiger charge is -2.53. The van der Waals surface area contributed by atoms with Crippen molar-refractivity contribution in [2.24, 2.45) is 11.3 Å². The minimum atomic E-state index is -0.387. The first-order valence-corrected chi connectivity index (χ1v) is 8.64. The Morgan fingerprint density at radius 1 is 1.27 bits per heavy atom. The van der Waals surface area contributed by atoms with Crippen LogP contribution in [0.5, 0.6) is 5.75 Å². The third-order valence-electron chi connectivity index (χ3n) is 6.27. The largest absolute Gasteiger partial charge is 0.508 e. The molecule has 0 spiro atoms. The summed E-state index contributed by atoms with van der Waals surface area (Å²) in [7, 11) is 0. The van der Waals surface area contributed by atoms with E-state index >= 15 is 0 Å². The fraction of sp³-hybridized carbons (Fsp3) is 0.650. The van der Waals surface area contributed by atoms with Crippen molar-refractivity contribution in [2.75, 3.05) is 0 Å². The number of phenolic OH excluding ortho intramolecular Hbond substituents is 1. The number of hydrogen-bond donors (Lipinski definition) is 1. The normalized spacial score (nSPS) is 29.8. The predicted octanol–water partition coefficient (Wildman–Crippen LogP) is 4.72. The van der Waals surface area contributed by atoms with E-state index in [9.17, 15) is 9.90 Å². The van der Waals surface area contributed by atoms with Crippen LogP contribution in [0, 0.1) is 11.3 Å². The molecule has 2 nitrogen and oxygen atoms in total. The molecule has 1 aromatic carbocycles.